The van der Waals surface area contributed by atoms with Gasteiger partial charge in [-0.25, -0.2) is 4.99 Å². The molecule has 6 heteroatoms. The van der Waals surface area contributed by atoms with Crippen LogP contribution in [-0.4, -0.2) is 35.0 Å². The third-order valence-corrected chi connectivity index (χ3v) is 3.94. The van der Waals surface area contributed by atoms with Gasteiger partial charge in [-0.15, -0.1) is 12.8 Å². The van der Waals surface area contributed by atoms with Crippen LogP contribution in [0.1, 0.15) is 26.3 Å². The van der Waals surface area contributed by atoms with Gasteiger partial charge < -0.3 is 15.1 Å². The summed E-state index contributed by atoms with van der Waals surface area (Å²) in [6.45, 7) is 10.2. The van der Waals surface area contributed by atoms with Crippen LogP contribution >= 0.6 is 0 Å². The van der Waals surface area contributed by atoms with Crippen molar-refractivity contribution in [3.8, 4) is 12.8 Å². The standard InChI is InChI=1S/C19H22N6.C2H6.C2H2/c1-5-18(15-12-21-22-13-15)25-10-9-20-19(14(25)2)23-16-7-6-8-17(11-16)24(3)4;2*1-2/h5-13H,2H2,1,3-4H3,(H,20,23)(H,21,22);1-2H3;1-2H/b18-5-;;. The number of benzene rings is 1. The van der Waals surface area contributed by atoms with Crippen LogP contribution in [0.4, 0.5) is 11.4 Å². The lowest BCUT2D eigenvalue weighted by molar-refractivity contribution is 0.683. The van der Waals surface area contributed by atoms with Crippen molar-refractivity contribution in [2.45, 2.75) is 20.8 Å². The summed E-state index contributed by atoms with van der Waals surface area (Å²) >= 11 is 0. The molecule has 0 atom stereocenters. The fraction of sp³-hybridized carbons (Fsp3) is 0.217. The Kier molecular flexibility index (Phi) is 9.55. The number of aromatic nitrogens is 2. The molecule has 1 aromatic carbocycles. The van der Waals surface area contributed by atoms with Crippen molar-refractivity contribution < 1.29 is 0 Å². The average Bonchev–Trinajstić information content (AvgIpc) is 3.29. The average molecular weight is 391 g/mol. The predicted octanol–water partition coefficient (Wildman–Crippen LogP) is 4.92. The van der Waals surface area contributed by atoms with Crippen LogP contribution < -0.4 is 10.2 Å². The molecule has 0 saturated heterocycles. The minimum Gasteiger partial charge on any atom is -0.378 e. The van der Waals surface area contributed by atoms with E-state index in [9.17, 15) is 0 Å². The first-order valence-corrected chi connectivity index (χ1v) is 9.36. The number of aromatic amines is 1. The van der Waals surface area contributed by atoms with Gasteiger partial charge in [-0.1, -0.05) is 32.6 Å². The molecule has 0 spiro atoms. The van der Waals surface area contributed by atoms with Crippen molar-refractivity contribution in [1.82, 2.24) is 15.1 Å². The first-order chi connectivity index (χ1) is 14.1. The SMILES string of the molecule is C#C.C=C1C(Nc2cccc(N(C)C)c2)=NC=CN1/C(=C\C)c1cn[nH]c1.CC. The zero-order chi connectivity index (χ0) is 21.8. The first kappa shape index (κ1) is 23.3. The van der Waals surface area contributed by atoms with Gasteiger partial charge in [-0.2, -0.15) is 5.10 Å². The molecule has 6 nitrogen and oxygen atoms in total. The van der Waals surface area contributed by atoms with Crippen molar-refractivity contribution >= 4 is 22.9 Å². The Bertz CT molecular complexity index is 885. The Balaban J connectivity index is 0.000000989. The van der Waals surface area contributed by atoms with Gasteiger partial charge in [0, 0.05) is 49.6 Å². The molecule has 0 radical (unpaired) electrons. The second-order valence-corrected chi connectivity index (χ2v) is 5.82. The number of aliphatic imine (C=N–C) groups is 1. The fourth-order valence-electron chi connectivity index (χ4n) is 2.62. The molecule has 0 bridgehead atoms. The quantitative estimate of drug-likeness (QED) is 0.727. The van der Waals surface area contributed by atoms with Crippen LogP contribution in [0.3, 0.4) is 0 Å². The molecule has 2 heterocycles. The third kappa shape index (κ3) is 5.88. The van der Waals surface area contributed by atoms with E-state index >= 15 is 0 Å². The minimum atomic E-state index is 0.709. The van der Waals surface area contributed by atoms with Gasteiger partial charge in [-0.05, 0) is 25.1 Å². The van der Waals surface area contributed by atoms with Gasteiger partial charge in [0.15, 0.2) is 5.84 Å². The Morgan fingerprint density at radius 1 is 1.28 bits per heavy atom. The highest BCUT2D eigenvalue weighted by Gasteiger charge is 2.19. The molecule has 0 fully saturated rings. The highest BCUT2D eigenvalue weighted by Crippen LogP contribution is 2.26. The van der Waals surface area contributed by atoms with E-state index in [2.05, 4.69) is 57.0 Å². The maximum Gasteiger partial charge on any atom is 0.154 e. The van der Waals surface area contributed by atoms with Gasteiger partial charge >= 0.3 is 0 Å². The zero-order valence-corrected chi connectivity index (χ0v) is 17.8. The van der Waals surface area contributed by atoms with Crippen LogP contribution in [0.15, 0.2) is 72.4 Å². The lowest BCUT2D eigenvalue weighted by Crippen LogP contribution is -2.28. The van der Waals surface area contributed by atoms with Gasteiger partial charge in [0.25, 0.3) is 0 Å². The highest BCUT2D eigenvalue weighted by atomic mass is 15.2. The molecule has 3 rings (SSSR count). The monoisotopic (exact) mass is 390 g/mol. The number of anilines is 2. The molecule has 2 N–H and O–H groups in total. The van der Waals surface area contributed by atoms with Crippen molar-refractivity contribution in [1.29, 1.82) is 0 Å². The minimum absolute atomic E-state index is 0.709. The number of nitrogens with zero attached hydrogens (tertiary/aromatic N) is 4. The summed E-state index contributed by atoms with van der Waals surface area (Å²) in [7, 11) is 4.04. The summed E-state index contributed by atoms with van der Waals surface area (Å²) < 4.78 is 0. The number of terminal acetylenes is 1. The molecule has 1 aliphatic rings. The van der Waals surface area contributed by atoms with E-state index in [0.717, 1.165) is 28.3 Å². The van der Waals surface area contributed by atoms with Gasteiger partial charge in [0.2, 0.25) is 0 Å². The maximum absolute atomic E-state index is 4.45. The van der Waals surface area contributed by atoms with E-state index in [4.69, 9.17) is 0 Å². The number of hydrogen-bond donors (Lipinski definition) is 2. The molecule has 29 heavy (non-hydrogen) atoms. The van der Waals surface area contributed by atoms with Gasteiger partial charge in [0.05, 0.1) is 17.6 Å². The molecular weight excluding hydrogens is 360 g/mol. The van der Waals surface area contributed by atoms with Crippen molar-refractivity contribution in [2.75, 3.05) is 24.3 Å². The van der Waals surface area contributed by atoms with E-state index in [1.807, 2.05) is 70.4 Å². The lowest BCUT2D eigenvalue weighted by Gasteiger charge is -2.28. The normalized spacial score (nSPS) is 12.8. The lowest BCUT2D eigenvalue weighted by atomic mass is 10.2. The maximum atomic E-state index is 4.45. The van der Waals surface area contributed by atoms with Gasteiger partial charge in [-0.3, -0.25) is 5.10 Å². The molecule has 1 aromatic heterocycles. The smallest absolute Gasteiger partial charge is 0.154 e. The summed E-state index contributed by atoms with van der Waals surface area (Å²) in [6, 6.07) is 8.16. The van der Waals surface area contributed by atoms with E-state index in [1.54, 1.807) is 12.4 Å². The first-order valence-electron chi connectivity index (χ1n) is 9.36. The van der Waals surface area contributed by atoms with Crippen LogP contribution in [0.2, 0.25) is 0 Å². The Hall–Kier alpha value is -3.72. The van der Waals surface area contributed by atoms with E-state index in [-0.39, 0.29) is 0 Å². The number of rotatable bonds is 4. The number of hydrogen-bond acceptors (Lipinski definition) is 5. The number of H-pyrrole nitrogens is 1. The van der Waals surface area contributed by atoms with Crippen molar-refractivity contribution in [3.05, 3.63) is 73.0 Å². The number of allylic oxidation sites excluding steroid dienone is 1. The van der Waals surface area contributed by atoms with Crippen molar-refractivity contribution in [2.24, 2.45) is 4.99 Å². The Labute approximate surface area is 174 Å². The molecule has 2 aromatic rings. The van der Waals surface area contributed by atoms with Crippen LogP contribution in [0.5, 0.6) is 0 Å². The van der Waals surface area contributed by atoms with E-state index in [0.29, 0.717) is 5.84 Å². The summed E-state index contributed by atoms with van der Waals surface area (Å²) in [5.41, 5.74) is 4.83. The summed E-state index contributed by atoms with van der Waals surface area (Å²) in [6.07, 6.45) is 17.3. The second-order valence-electron chi connectivity index (χ2n) is 5.82. The van der Waals surface area contributed by atoms with Crippen molar-refractivity contribution in [3.63, 3.8) is 0 Å². The largest absolute Gasteiger partial charge is 0.378 e. The number of amidine groups is 1. The molecule has 0 unspecified atom stereocenters. The van der Waals surface area contributed by atoms with E-state index in [1.165, 1.54) is 0 Å². The van der Waals surface area contributed by atoms with Crippen LogP contribution in [-0.2, 0) is 0 Å². The summed E-state index contributed by atoms with van der Waals surface area (Å²) in [5.74, 6) is 0.709. The third-order valence-electron chi connectivity index (χ3n) is 3.94. The Morgan fingerprint density at radius 3 is 2.59 bits per heavy atom. The Morgan fingerprint density at radius 2 is 2.00 bits per heavy atom. The zero-order valence-electron chi connectivity index (χ0n) is 17.8. The fourth-order valence-corrected chi connectivity index (χ4v) is 2.62. The molecule has 0 amide bonds. The van der Waals surface area contributed by atoms with E-state index < -0.39 is 0 Å². The predicted molar refractivity (Wildman–Crippen MR) is 125 cm³/mol. The topological polar surface area (TPSA) is 59.5 Å². The van der Waals surface area contributed by atoms with Crippen LogP contribution in [0.25, 0.3) is 5.70 Å². The molecule has 1 aliphatic heterocycles. The van der Waals surface area contributed by atoms with Crippen LogP contribution in [0, 0.1) is 12.8 Å². The van der Waals surface area contributed by atoms with Gasteiger partial charge in [0.1, 0.15) is 0 Å². The summed E-state index contributed by atoms with van der Waals surface area (Å²) in [5, 5.41) is 10.2. The second kappa shape index (κ2) is 11.9. The highest BCUT2D eigenvalue weighted by molar-refractivity contribution is 6.09. The molecule has 152 valence electrons. The number of nitrogens with one attached hydrogen (secondary N) is 2. The summed E-state index contributed by atoms with van der Waals surface area (Å²) in [4.78, 5) is 8.51. The molecule has 0 saturated carbocycles. The molecule has 0 aliphatic carbocycles. The molecular formula is C23H30N6.